The zero-order valence-electron chi connectivity index (χ0n) is 11.9. The molecule has 0 amide bonds. The third kappa shape index (κ3) is 3.48. The molecule has 0 aliphatic heterocycles. The van der Waals surface area contributed by atoms with E-state index in [1.54, 1.807) is 0 Å². The van der Waals surface area contributed by atoms with E-state index >= 15 is 0 Å². The highest BCUT2D eigenvalue weighted by atomic mass is 16.5. The highest BCUT2D eigenvalue weighted by molar-refractivity contribution is 5.53. The summed E-state index contributed by atoms with van der Waals surface area (Å²) in [5, 5.41) is 7.36. The topological polar surface area (TPSA) is 51.0 Å². The quantitative estimate of drug-likeness (QED) is 0.773. The molecular formula is C17H17N3O. The van der Waals surface area contributed by atoms with E-state index in [2.05, 4.69) is 15.5 Å². The van der Waals surface area contributed by atoms with Crippen LogP contribution in [0.2, 0.25) is 0 Å². The minimum Gasteiger partial charge on any atom is -0.385 e. The van der Waals surface area contributed by atoms with Crippen molar-refractivity contribution >= 4 is 5.69 Å². The maximum absolute atomic E-state index is 5.32. The molecule has 0 radical (unpaired) electrons. The molecule has 106 valence electrons. The monoisotopic (exact) mass is 279 g/mol. The van der Waals surface area contributed by atoms with Crippen LogP contribution in [0, 0.1) is 6.92 Å². The molecule has 0 saturated heterocycles. The molecule has 3 rings (SSSR count). The van der Waals surface area contributed by atoms with E-state index in [9.17, 15) is 0 Å². The normalized spacial score (nSPS) is 10.5. The molecule has 1 heterocycles. The lowest BCUT2D eigenvalue weighted by atomic mass is 10.1. The van der Waals surface area contributed by atoms with Gasteiger partial charge >= 0.3 is 0 Å². The number of para-hydroxylation sites is 1. The zero-order valence-corrected chi connectivity index (χ0v) is 11.9. The summed E-state index contributed by atoms with van der Waals surface area (Å²) in [6, 6.07) is 18.1. The number of nitrogens with one attached hydrogen (secondary N) is 1. The van der Waals surface area contributed by atoms with Crippen LogP contribution in [0.25, 0.3) is 11.5 Å². The smallest absolute Gasteiger partial charge is 0.257 e. The van der Waals surface area contributed by atoms with Gasteiger partial charge in [0.05, 0.1) is 0 Å². The molecule has 4 heteroatoms. The number of benzene rings is 2. The van der Waals surface area contributed by atoms with Crippen molar-refractivity contribution in [2.75, 3.05) is 11.9 Å². The Morgan fingerprint density at radius 1 is 1.05 bits per heavy atom. The van der Waals surface area contributed by atoms with E-state index in [-0.39, 0.29) is 0 Å². The minimum absolute atomic E-state index is 0.577. The van der Waals surface area contributed by atoms with Gasteiger partial charge in [0.25, 0.3) is 5.89 Å². The molecule has 0 aliphatic rings. The molecule has 4 nitrogen and oxygen atoms in total. The van der Waals surface area contributed by atoms with Gasteiger partial charge in [-0.2, -0.15) is 4.98 Å². The summed E-state index contributed by atoms with van der Waals surface area (Å²) in [5.41, 5.74) is 3.24. The van der Waals surface area contributed by atoms with E-state index in [1.165, 1.54) is 5.56 Å². The first-order valence-electron chi connectivity index (χ1n) is 7.00. The number of rotatable bonds is 5. The number of nitrogens with zero attached hydrogens (tertiary/aromatic N) is 2. The number of hydrogen-bond donors (Lipinski definition) is 1. The highest BCUT2D eigenvalue weighted by Gasteiger charge is 2.08. The second-order valence-corrected chi connectivity index (χ2v) is 4.93. The molecule has 0 atom stereocenters. The van der Waals surface area contributed by atoms with Crippen molar-refractivity contribution in [3.05, 3.63) is 66.0 Å². The Kier molecular flexibility index (Phi) is 3.96. The lowest BCUT2D eigenvalue weighted by molar-refractivity contribution is 0.423. The molecule has 1 aromatic heterocycles. The van der Waals surface area contributed by atoms with Crippen LogP contribution in [0.1, 0.15) is 11.4 Å². The van der Waals surface area contributed by atoms with E-state index < -0.39 is 0 Å². The van der Waals surface area contributed by atoms with Crippen LogP contribution in [0.15, 0.2) is 59.1 Å². The van der Waals surface area contributed by atoms with Gasteiger partial charge < -0.3 is 9.84 Å². The Balaban J connectivity index is 1.60. The first-order chi connectivity index (χ1) is 10.3. The van der Waals surface area contributed by atoms with Crippen LogP contribution in [0.4, 0.5) is 5.69 Å². The van der Waals surface area contributed by atoms with Gasteiger partial charge in [-0.05, 0) is 31.2 Å². The fraction of sp³-hybridized carbons (Fsp3) is 0.176. The third-order valence-electron chi connectivity index (χ3n) is 3.18. The van der Waals surface area contributed by atoms with Crippen molar-refractivity contribution in [1.82, 2.24) is 10.1 Å². The van der Waals surface area contributed by atoms with Crippen molar-refractivity contribution < 1.29 is 4.52 Å². The molecule has 0 spiro atoms. The van der Waals surface area contributed by atoms with Crippen LogP contribution in [-0.2, 0) is 6.42 Å². The maximum Gasteiger partial charge on any atom is 0.257 e. The second kappa shape index (κ2) is 6.22. The van der Waals surface area contributed by atoms with Gasteiger partial charge in [-0.25, -0.2) is 0 Å². The summed E-state index contributed by atoms with van der Waals surface area (Å²) in [6.07, 6.45) is 0.726. The summed E-state index contributed by atoms with van der Waals surface area (Å²) in [7, 11) is 0. The van der Waals surface area contributed by atoms with E-state index in [0.29, 0.717) is 5.89 Å². The van der Waals surface area contributed by atoms with E-state index in [0.717, 1.165) is 30.0 Å². The molecule has 1 N–H and O–H groups in total. The van der Waals surface area contributed by atoms with Crippen molar-refractivity contribution in [1.29, 1.82) is 0 Å². The maximum atomic E-state index is 5.32. The molecule has 0 saturated carbocycles. The Hall–Kier alpha value is -2.62. The van der Waals surface area contributed by atoms with Crippen LogP contribution in [0.3, 0.4) is 0 Å². The molecule has 0 aliphatic carbocycles. The molecule has 2 aromatic carbocycles. The first-order valence-corrected chi connectivity index (χ1v) is 7.00. The van der Waals surface area contributed by atoms with Crippen molar-refractivity contribution in [3.63, 3.8) is 0 Å². The largest absolute Gasteiger partial charge is 0.385 e. The van der Waals surface area contributed by atoms with Crippen molar-refractivity contribution in [2.45, 2.75) is 13.3 Å². The zero-order chi connectivity index (χ0) is 14.5. The first kappa shape index (κ1) is 13.4. The Morgan fingerprint density at radius 3 is 2.71 bits per heavy atom. The summed E-state index contributed by atoms with van der Waals surface area (Å²) in [5.74, 6) is 1.29. The number of anilines is 1. The van der Waals surface area contributed by atoms with Crippen LogP contribution >= 0.6 is 0 Å². The van der Waals surface area contributed by atoms with Crippen LogP contribution in [-0.4, -0.2) is 16.7 Å². The fourth-order valence-corrected chi connectivity index (χ4v) is 2.13. The van der Waals surface area contributed by atoms with Gasteiger partial charge in [0.15, 0.2) is 5.82 Å². The van der Waals surface area contributed by atoms with Gasteiger partial charge in [-0.1, -0.05) is 41.1 Å². The molecule has 3 aromatic rings. The lowest BCUT2D eigenvalue weighted by Gasteiger charge is -2.03. The van der Waals surface area contributed by atoms with E-state index in [1.807, 2.05) is 61.5 Å². The van der Waals surface area contributed by atoms with Crippen molar-refractivity contribution in [2.24, 2.45) is 0 Å². The fourth-order valence-electron chi connectivity index (χ4n) is 2.13. The van der Waals surface area contributed by atoms with Crippen LogP contribution in [0.5, 0.6) is 0 Å². The minimum atomic E-state index is 0.577. The van der Waals surface area contributed by atoms with Gasteiger partial charge in [0.2, 0.25) is 0 Å². The summed E-state index contributed by atoms with van der Waals surface area (Å²) >= 11 is 0. The molecular weight excluding hydrogens is 262 g/mol. The average Bonchev–Trinajstić information content (AvgIpc) is 2.97. The standard InChI is InChI=1S/C17H17N3O/c1-13-6-5-7-14(12-13)17-19-16(20-21-17)10-11-18-15-8-3-2-4-9-15/h2-9,12,18H,10-11H2,1H3. The summed E-state index contributed by atoms with van der Waals surface area (Å²) in [4.78, 5) is 4.44. The van der Waals surface area contributed by atoms with Gasteiger partial charge in [0.1, 0.15) is 0 Å². The number of hydrogen-bond acceptors (Lipinski definition) is 4. The van der Waals surface area contributed by atoms with Crippen LogP contribution < -0.4 is 5.32 Å². The van der Waals surface area contributed by atoms with E-state index in [4.69, 9.17) is 4.52 Å². The molecule has 0 bridgehead atoms. The van der Waals surface area contributed by atoms with Gasteiger partial charge in [-0.3, -0.25) is 0 Å². The highest BCUT2D eigenvalue weighted by Crippen LogP contribution is 2.18. The van der Waals surface area contributed by atoms with Crippen molar-refractivity contribution in [3.8, 4) is 11.5 Å². The Morgan fingerprint density at radius 2 is 1.90 bits per heavy atom. The Bertz CT molecular complexity index is 707. The average molecular weight is 279 g/mol. The predicted octanol–water partition coefficient (Wildman–Crippen LogP) is 3.70. The second-order valence-electron chi connectivity index (χ2n) is 4.93. The summed E-state index contributed by atoms with van der Waals surface area (Å²) in [6.45, 7) is 2.82. The summed E-state index contributed by atoms with van der Waals surface area (Å²) < 4.78 is 5.32. The third-order valence-corrected chi connectivity index (χ3v) is 3.18. The Labute approximate surface area is 123 Å². The lowest BCUT2D eigenvalue weighted by Crippen LogP contribution is -2.05. The van der Waals surface area contributed by atoms with Gasteiger partial charge in [0, 0.05) is 24.2 Å². The predicted molar refractivity (Wildman–Crippen MR) is 83.1 cm³/mol. The molecule has 0 fully saturated rings. The number of aromatic nitrogens is 2. The molecule has 0 unspecified atom stereocenters. The SMILES string of the molecule is Cc1cccc(-c2nc(CCNc3ccccc3)no2)c1. The molecule has 21 heavy (non-hydrogen) atoms. The number of aryl methyl sites for hydroxylation is 1. The van der Waals surface area contributed by atoms with Gasteiger partial charge in [-0.15, -0.1) is 0 Å².